The summed E-state index contributed by atoms with van der Waals surface area (Å²) in [6.45, 7) is 7.08. The Morgan fingerprint density at radius 3 is 2.03 bits per heavy atom. The van der Waals surface area contributed by atoms with Gasteiger partial charge in [0, 0.05) is 5.41 Å². The average molecular weight is 429 g/mol. The lowest BCUT2D eigenvalue weighted by Crippen LogP contribution is -2.30. The number of fused-ring (bicyclic) bond motifs is 1. The molecule has 4 aromatic rings. The summed E-state index contributed by atoms with van der Waals surface area (Å²) in [4.78, 5) is 0. The number of benzene rings is 4. The van der Waals surface area contributed by atoms with Gasteiger partial charge in [-0.05, 0) is 62.9 Å². The van der Waals surface area contributed by atoms with E-state index in [-0.39, 0.29) is 5.41 Å². The topological polar surface area (TPSA) is 0 Å². The summed E-state index contributed by atoms with van der Waals surface area (Å²) < 4.78 is 0. The zero-order valence-corrected chi connectivity index (χ0v) is 19.9. The van der Waals surface area contributed by atoms with Crippen molar-refractivity contribution in [2.45, 2.75) is 39.0 Å². The van der Waals surface area contributed by atoms with Crippen molar-refractivity contribution in [2.75, 3.05) is 0 Å². The van der Waals surface area contributed by atoms with Gasteiger partial charge < -0.3 is 0 Å². The molecule has 0 heteroatoms. The Kier molecular flexibility index (Phi) is 5.77. The van der Waals surface area contributed by atoms with Crippen LogP contribution in [0.25, 0.3) is 21.9 Å². The number of hydrogen-bond acceptors (Lipinski definition) is 0. The van der Waals surface area contributed by atoms with Crippen LogP contribution in [0.5, 0.6) is 0 Å². The van der Waals surface area contributed by atoms with Crippen LogP contribution in [0.2, 0.25) is 0 Å². The van der Waals surface area contributed by atoms with Crippen LogP contribution in [0.4, 0.5) is 0 Å². The number of rotatable bonds is 5. The predicted octanol–water partition coefficient (Wildman–Crippen LogP) is 8.68. The third-order valence-corrected chi connectivity index (χ3v) is 7.52. The molecule has 0 saturated carbocycles. The van der Waals surface area contributed by atoms with Crippen LogP contribution >= 0.6 is 0 Å². The largest absolute Gasteiger partial charge is 0.0805 e. The molecular weight excluding hydrogens is 396 g/mol. The minimum absolute atomic E-state index is 0.0861. The van der Waals surface area contributed by atoms with E-state index in [1.54, 1.807) is 0 Å². The zero-order valence-electron chi connectivity index (χ0n) is 19.9. The van der Waals surface area contributed by atoms with Gasteiger partial charge in [-0.1, -0.05) is 130 Å². The second-order valence-electron chi connectivity index (χ2n) is 9.45. The maximum atomic E-state index is 2.42. The molecule has 0 aromatic heterocycles. The molecule has 0 N–H and O–H groups in total. The van der Waals surface area contributed by atoms with Gasteiger partial charge in [-0.3, -0.25) is 0 Å². The van der Waals surface area contributed by atoms with E-state index in [4.69, 9.17) is 0 Å². The van der Waals surface area contributed by atoms with Gasteiger partial charge in [0.25, 0.3) is 0 Å². The number of allylic oxidation sites excluding steroid dienone is 4. The monoisotopic (exact) mass is 428 g/mol. The normalized spacial score (nSPS) is 19.8. The molecule has 0 heterocycles. The maximum Gasteiger partial charge on any atom is 0.0179 e. The van der Waals surface area contributed by atoms with Crippen LogP contribution < -0.4 is 0 Å². The second kappa shape index (κ2) is 8.87. The van der Waals surface area contributed by atoms with Gasteiger partial charge in [-0.15, -0.1) is 0 Å². The lowest BCUT2D eigenvalue weighted by atomic mass is 9.65. The van der Waals surface area contributed by atoms with E-state index >= 15 is 0 Å². The van der Waals surface area contributed by atoms with Gasteiger partial charge in [0.1, 0.15) is 0 Å². The lowest BCUT2D eigenvalue weighted by molar-refractivity contribution is 0.462. The van der Waals surface area contributed by atoms with Crippen LogP contribution in [0.1, 0.15) is 43.0 Å². The summed E-state index contributed by atoms with van der Waals surface area (Å²) >= 11 is 0. The quantitative estimate of drug-likeness (QED) is 0.298. The molecule has 164 valence electrons. The highest BCUT2D eigenvalue weighted by atomic mass is 14.4. The Morgan fingerprint density at radius 1 is 0.727 bits per heavy atom. The predicted molar refractivity (Wildman–Crippen MR) is 143 cm³/mol. The van der Waals surface area contributed by atoms with Crippen LogP contribution in [-0.2, 0) is 18.3 Å². The van der Waals surface area contributed by atoms with Crippen LogP contribution in [-0.4, -0.2) is 0 Å². The molecule has 2 unspecified atom stereocenters. The van der Waals surface area contributed by atoms with Crippen LogP contribution in [0.15, 0.2) is 109 Å². The van der Waals surface area contributed by atoms with Gasteiger partial charge in [0.05, 0.1) is 0 Å². The van der Waals surface area contributed by atoms with E-state index in [0.717, 1.165) is 12.8 Å². The third kappa shape index (κ3) is 3.74. The maximum absolute atomic E-state index is 2.42. The third-order valence-electron chi connectivity index (χ3n) is 7.52. The van der Waals surface area contributed by atoms with Crippen LogP contribution in [0.3, 0.4) is 0 Å². The van der Waals surface area contributed by atoms with E-state index in [1.165, 1.54) is 44.2 Å². The molecule has 2 atom stereocenters. The van der Waals surface area contributed by atoms with Crippen molar-refractivity contribution in [3.05, 3.63) is 131 Å². The Hall–Kier alpha value is -3.38. The molecule has 0 nitrogen and oxygen atoms in total. The van der Waals surface area contributed by atoms with E-state index in [2.05, 4.69) is 130 Å². The number of hydrogen-bond donors (Lipinski definition) is 0. The molecule has 33 heavy (non-hydrogen) atoms. The van der Waals surface area contributed by atoms with E-state index < -0.39 is 0 Å². The Balaban J connectivity index is 1.94. The zero-order chi connectivity index (χ0) is 22.8. The van der Waals surface area contributed by atoms with E-state index in [0.29, 0.717) is 5.92 Å². The minimum Gasteiger partial charge on any atom is -0.0805 e. The highest BCUT2D eigenvalue weighted by Gasteiger charge is 2.36. The smallest absolute Gasteiger partial charge is 0.0179 e. The SMILES string of the molecule is CCc1c(Cc2ccccc2)c(-c2ccccc2)c(C2(C)C=CC=CC2C)c2ccccc12. The van der Waals surface area contributed by atoms with E-state index in [1.807, 2.05) is 0 Å². The number of aryl methyl sites for hydroxylation is 1. The molecule has 1 aliphatic rings. The first-order valence-electron chi connectivity index (χ1n) is 12.2. The van der Waals surface area contributed by atoms with Gasteiger partial charge >= 0.3 is 0 Å². The van der Waals surface area contributed by atoms with Crippen molar-refractivity contribution in [3.8, 4) is 11.1 Å². The molecule has 0 amide bonds. The summed E-state index contributed by atoms with van der Waals surface area (Å²) in [5, 5.41) is 2.79. The van der Waals surface area contributed by atoms with Gasteiger partial charge in [-0.2, -0.15) is 0 Å². The highest BCUT2D eigenvalue weighted by molar-refractivity contribution is 5.98. The second-order valence-corrected chi connectivity index (χ2v) is 9.45. The van der Waals surface area contributed by atoms with Crippen molar-refractivity contribution in [1.29, 1.82) is 0 Å². The highest BCUT2D eigenvalue weighted by Crippen LogP contribution is 2.48. The van der Waals surface area contributed by atoms with E-state index in [9.17, 15) is 0 Å². The summed E-state index contributed by atoms with van der Waals surface area (Å²) in [6, 6.07) is 31.1. The Morgan fingerprint density at radius 2 is 1.36 bits per heavy atom. The van der Waals surface area contributed by atoms with Crippen molar-refractivity contribution >= 4 is 10.8 Å². The summed E-state index contributed by atoms with van der Waals surface area (Å²) in [5.41, 5.74) is 8.42. The first-order valence-corrected chi connectivity index (χ1v) is 12.2. The molecule has 5 rings (SSSR count). The molecule has 0 spiro atoms. The Bertz CT molecular complexity index is 1330. The first kappa shape index (κ1) is 21.5. The molecule has 1 aliphatic carbocycles. The fourth-order valence-electron chi connectivity index (χ4n) is 5.59. The van der Waals surface area contributed by atoms with Crippen molar-refractivity contribution < 1.29 is 0 Å². The summed E-state index contributed by atoms with van der Waals surface area (Å²) in [6.07, 6.45) is 11.2. The lowest BCUT2D eigenvalue weighted by Gasteiger charge is -2.38. The van der Waals surface area contributed by atoms with Crippen molar-refractivity contribution in [3.63, 3.8) is 0 Å². The first-order chi connectivity index (χ1) is 16.1. The van der Waals surface area contributed by atoms with Crippen molar-refractivity contribution in [1.82, 2.24) is 0 Å². The van der Waals surface area contributed by atoms with Gasteiger partial charge in [0.2, 0.25) is 0 Å². The average Bonchev–Trinajstić information content (AvgIpc) is 2.86. The molecule has 0 fully saturated rings. The molecule has 0 saturated heterocycles. The molecular formula is C33H32. The van der Waals surface area contributed by atoms with Crippen molar-refractivity contribution in [2.24, 2.45) is 5.92 Å². The molecule has 0 bridgehead atoms. The molecule has 0 aliphatic heterocycles. The van der Waals surface area contributed by atoms with Crippen LogP contribution in [0, 0.1) is 5.92 Å². The summed E-state index contributed by atoms with van der Waals surface area (Å²) in [5.74, 6) is 0.408. The van der Waals surface area contributed by atoms with Gasteiger partial charge in [-0.25, -0.2) is 0 Å². The standard InChI is InChI=1S/C33H32/c1-4-27-28-20-11-12-21-29(28)32(33(3)22-14-13-15-24(33)2)31(26-18-9-6-10-19-26)30(27)23-25-16-7-5-8-17-25/h5-22,24H,4,23H2,1-3H3. The van der Waals surface area contributed by atoms with Gasteiger partial charge in [0.15, 0.2) is 0 Å². The molecule has 4 aromatic carbocycles. The fourth-order valence-corrected chi connectivity index (χ4v) is 5.59. The molecule has 0 radical (unpaired) electrons. The fraction of sp³-hybridized carbons (Fsp3) is 0.212. The minimum atomic E-state index is -0.0861. The Labute approximate surface area is 198 Å². The summed E-state index contributed by atoms with van der Waals surface area (Å²) in [7, 11) is 0.